The number of thiol groups is 1. The van der Waals surface area contributed by atoms with Crippen LogP contribution in [-0.4, -0.2) is 26.4 Å². The molecule has 0 aliphatic carbocycles. The van der Waals surface area contributed by atoms with Gasteiger partial charge < -0.3 is 0 Å². The lowest BCUT2D eigenvalue weighted by Gasteiger charge is -2.07. The first-order valence-corrected chi connectivity index (χ1v) is 8.41. The van der Waals surface area contributed by atoms with Crippen LogP contribution in [0.25, 0.3) is 0 Å². The summed E-state index contributed by atoms with van der Waals surface area (Å²) in [7, 11) is -2.27. The maximum Gasteiger partial charge on any atom is 0.140 e. The molecule has 4 heteroatoms. The molecule has 0 atom stereocenters. The van der Waals surface area contributed by atoms with Gasteiger partial charge in [-0.1, -0.05) is 60.7 Å². The van der Waals surface area contributed by atoms with E-state index in [0.29, 0.717) is 13.0 Å². The van der Waals surface area contributed by atoms with E-state index < -0.39 is 10.7 Å². The van der Waals surface area contributed by atoms with E-state index in [-0.39, 0.29) is 5.75 Å². The molecule has 0 saturated heterocycles. The highest BCUT2D eigenvalue weighted by atomic mass is 32.2. The average molecular weight is 301 g/mol. The Morgan fingerprint density at radius 2 is 1.33 bits per heavy atom. The molecule has 21 heavy (non-hydrogen) atoms. The minimum atomic E-state index is -2.27. The molecule has 2 aromatic rings. The van der Waals surface area contributed by atoms with Gasteiger partial charge in [-0.05, 0) is 12.8 Å². The van der Waals surface area contributed by atoms with Crippen LogP contribution in [0.4, 0.5) is 0 Å². The van der Waals surface area contributed by atoms with Crippen molar-refractivity contribution in [3.8, 4) is 0 Å². The smallest absolute Gasteiger partial charge is 0.140 e. The van der Waals surface area contributed by atoms with E-state index in [1.165, 1.54) is 0 Å². The molecule has 0 spiro atoms. The van der Waals surface area contributed by atoms with Gasteiger partial charge in [0.1, 0.15) is 10.7 Å². The average Bonchev–Trinajstić information content (AvgIpc) is 2.52. The van der Waals surface area contributed by atoms with Crippen LogP contribution in [0.15, 0.2) is 65.7 Å². The Labute approximate surface area is 127 Å². The van der Waals surface area contributed by atoms with Crippen LogP contribution in [0, 0.1) is 0 Å². The predicted molar refractivity (Wildman–Crippen MR) is 87.8 cm³/mol. The molecule has 0 aromatic heterocycles. The van der Waals surface area contributed by atoms with Crippen molar-refractivity contribution in [2.75, 3.05) is 12.3 Å². The van der Waals surface area contributed by atoms with E-state index in [0.717, 1.165) is 23.3 Å². The van der Waals surface area contributed by atoms with Gasteiger partial charge in [-0.3, -0.25) is 4.99 Å². The lowest BCUT2D eigenvalue weighted by atomic mass is 10.0. The fourth-order valence-electron chi connectivity index (χ4n) is 2.08. The second-order valence-corrected chi connectivity index (χ2v) is 5.84. The van der Waals surface area contributed by atoms with Crippen molar-refractivity contribution >= 4 is 16.4 Å². The number of unbranched alkanes of at least 4 members (excludes halogenated alkanes) is 1. The predicted octanol–water partition coefficient (Wildman–Crippen LogP) is 2.92. The van der Waals surface area contributed by atoms with Crippen LogP contribution >= 0.6 is 0 Å². The van der Waals surface area contributed by atoms with Crippen molar-refractivity contribution in [3.05, 3.63) is 71.8 Å². The number of rotatable bonds is 7. The zero-order valence-electron chi connectivity index (χ0n) is 11.8. The molecule has 0 fully saturated rings. The zero-order valence-corrected chi connectivity index (χ0v) is 12.7. The Morgan fingerprint density at radius 1 is 0.810 bits per heavy atom. The Kier molecular flexibility index (Phi) is 6.16. The van der Waals surface area contributed by atoms with Gasteiger partial charge >= 0.3 is 0 Å². The first-order chi connectivity index (χ1) is 10.3. The summed E-state index contributed by atoms with van der Waals surface area (Å²) in [5.41, 5.74) is 3.12. The standard InChI is InChI=1S/C17H19NO2S/c19-21(20)14-8-7-13-18-17(15-9-3-1-4-10-15)16-11-5-2-6-12-16/h1-6,9-12,21H,7-8,13-14H2. The van der Waals surface area contributed by atoms with Crippen molar-refractivity contribution in [2.45, 2.75) is 12.8 Å². The Bertz CT molecular complexity index is 600. The van der Waals surface area contributed by atoms with Gasteiger partial charge in [0.05, 0.1) is 5.71 Å². The lowest BCUT2D eigenvalue weighted by Crippen LogP contribution is -2.04. The maximum atomic E-state index is 10.5. The Morgan fingerprint density at radius 3 is 1.81 bits per heavy atom. The molecule has 2 aromatic carbocycles. The van der Waals surface area contributed by atoms with Crippen LogP contribution in [-0.2, 0) is 10.7 Å². The molecule has 2 rings (SSSR count). The molecule has 0 unspecified atom stereocenters. The molecule has 110 valence electrons. The highest BCUT2D eigenvalue weighted by Gasteiger charge is 2.05. The topological polar surface area (TPSA) is 46.5 Å². The third-order valence-corrected chi connectivity index (χ3v) is 3.79. The number of benzene rings is 2. The molecule has 0 bridgehead atoms. The Balaban J connectivity index is 2.13. The third kappa shape index (κ3) is 5.16. The molecule has 0 amide bonds. The van der Waals surface area contributed by atoms with Crippen molar-refractivity contribution in [2.24, 2.45) is 4.99 Å². The summed E-state index contributed by atoms with van der Waals surface area (Å²) in [6, 6.07) is 20.1. The van der Waals surface area contributed by atoms with Crippen LogP contribution in [0.3, 0.4) is 0 Å². The van der Waals surface area contributed by atoms with Crippen LogP contribution in [0.2, 0.25) is 0 Å². The van der Waals surface area contributed by atoms with E-state index >= 15 is 0 Å². The summed E-state index contributed by atoms with van der Waals surface area (Å²) >= 11 is 0. The quantitative estimate of drug-likeness (QED) is 0.485. The van der Waals surface area contributed by atoms with Crippen molar-refractivity contribution < 1.29 is 8.42 Å². The Hall–Kier alpha value is -1.94. The maximum absolute atomic E-state index is 10.5. The second-order valence-electron chi connectivity index (χ2n) is 4.73. The third-order valence-electron chi connectivity index (χ3n) is 3.11. The molecule has 0 saturated carbocycles. The van der Waals surface area contributed by atoms with E-state index in [4.69, 9.17) is 0 Å². The molecule has 0 heterocycles. The summed E-state index contributed by atoms with van der Waals surface area (Å²) < 4.78 is 21.1. The summed E-state index contributed by atoms with van der Waals surface area (Å²) in [4.78, 5) is 4.68. The fourth-order valence-corrected chi connectivity index (χ4v) is 2.57. The van der Waals surface area contributed by atoms with Gasteiger partial charge in [-0.15, -0.1) is 0 Å². The first kappa shape index (κ1) is 15.4. The lowest BCUT2D eigenvalue weighted by molar-refractivity contribution is 0.610. The van der Waals surface area contributed by atoms with E-state index in [1.807, 2.05) is 60.7 Å². The largest absolute Gasteiger partial charge is 0.284 e. The van der Waals surface area contributed by atoms with Gasteiger partial charge in [0.25, 0.3) is 0 Å². The minimum absolute atomic E-state index is 0.247. The number of hydrogen-bond donors (Lipinski definition) is 1. The van der Waals surface area contributed by atoms with Crippen LogP contribution < -0.4 is 0 Å². The van der Waals surface area contributed by atoms with Crippen molar-refractivity contribution in [1.29, 1.82) is 0 Å². The fraction of sp³-hybridized carbons (Fsp3) is 0.235. The van der Waals surface area contributed by atoms with Crippen molar-refractivity contribution in [1.82, 2.24) is 0 Å². The van der Waals surface area contributed by atoms with Gasteiger partial charge in [0, 0.05) is 23.4 Å². The molecule has 0 radical (unpaired) electrons. The summed E-state index contributed by atoms with van der Waals surface area (Å²) in [6.07, 6.45) is 1.45. The molecule has 0 aliphatic heterocycles. The van der Waals surface area contributed by atoms with E-state index in [2.05, 4.69) is 4.99 Å². The second kappa shape index (κ2) is 8.37. The SMILES string of the molecule is O=[SH](=O)CCCCN=C(c1ccccc1)c1ccccc1. The van der Waals surface area contributed by atoms with Crippen LogP contribution in [0.5, 0.6) is 0 Å². The zero-order chi connectivity index (χ0) is 14.9. The molecular weight excluding hydrogens is 282 g/mol. The number of hydrogen-bond acceptors (Lipinski definition) is 3. The highest BCUT2D eigenvalue weighted by Crippen LogP contribution is 2.11. The van der Waals surface area contributed by atoms with Gasteiger partial charge in [0.2, 0.25) is 0 Å². The van der Waals surface area contributed by atoms with Gasteiger partial charge in [0.15, 0.2) is 0 Å². The molecule has 3 nitrogen and oxygen atoms in total. The minimum Gasteiger partial charge on any atom is -0.284 e. The van der Waals surface area contributed by atoms with Crippen LogP contribution in [0.1, 0.15) is 24.0 Å². The summed E-state index contributed by atoms with van der Waals surface area (Å²) in [6.45, 7) is 0.641. The molecule has 0 N–H and O–H groups in total. The normalized spacial score (nSPS) is 10.5. The molecular formula is C17H19NO2S. The van der Waals surface area contributed by atoms with Gasteiger partial charge in [-0.25, -0.2) is 8.42 Å². The summed E-state index contributed by atoms with van der Waals surface area (Å²) in [5, 5.41) is 0. The van der Waals surface area contributed by atoms with Crippen molar-refractivity contribution in [3.63, 3.8) is 0 Å². The molecule has 0 aliphatic rings. The number of aliphatic imine (C=N–C) groups is 1. The monoisotopic (exact) mass is 301 g/mol. The van der Waals surface area contributed by atoms with E-state index in [1.54, 1.807) is 0 Å². The first-order valence-electron chi connectivity index (χ1n) is 7.04. The van der Waals surface area contributed by atoms with Gasteiger partial charge in [-0.2, -0.15) is 0 Å². The summed E-state index contributed by atoms with van der Waals surface area (Å²) in [5.74, 6) is 0.247. The number of nitrogens with zero attached hydrogens (tertiary/aromatic N) is 1. The van der Waals surface area contributed by atoms with E-state index in [9.17, 15) is 8.42 Å². The highest BCUT2D eigenvalue weighted by molar-refractivity contribution is 7.72.